The van der Waals surface area contributed by atoms with Crippen molar-refractivity contribution in [2.24, 2.45) is 0 Å². The quantitative estimate of drug-likeness (QED) is 0.0260. The predicted octanol–water partition coefficient (Wildman–Crippen LogP) is 25.4. The monoisotopic (exact) mass is 1070 g/mol. The van der Waals surface area contributed by atoms with Crippen LogP contribution in [-0.2, 0) is 33.3 Å². The largest absolute Gasteiger partial charge is 0.556 e. The summed E-state index contributed by atoms with van der Waals surface area (Å²) in [5, 5.41) is 0. The van der Waals surface area contributed by atoms with Crippen molar-refractivity contribution in [2.75, 3.05) is 0 Å². The van der Waals surface area contributed by atoms with Gasteiger partial charge in [-0.1, -0.05) is 369 Å². The number of rotatable bonds is 66. The Balaban J connectivity index is 5.21. The van der Waals surface area contributed by atoms with E-state index in [1.165, 1.54) is 270 Å². The summed E-state index contributed by atoms with van der Waals surface area (Å²) < 4.78 is 31.9. The highest BCUT2D eigenvalue weighted by atomic mass is 31.2. The van der Waals surface area contributed by atoms with Crippen LogP contribution < -0.4 is 0 Å². The van der Waals surface area contributed by atoms with Gasteiger partial charge in [-0.15, -0.1) is 14.0 Å². The maximum absolute atomic E-state index is 14.5. The first-order valence-electron chi connectivity index (χ1n) is 34.1. The fourth-order valence-corrected chi connectivity index (χ4v) is 11.4. The van der Waals surface area contributed by atoms with Crippen molar-refractivity contribution in [3.8, 4) is 0 Å². The van der Waals surface area contributed by atoms with Crippen LogP contribution in [0.3, 0.4) is 0 Å². The van der Waals surface area contributed by atoms with Crippen LogP contribution in [0.5, 0.6) is 0 Å². The molecule has 0 radical (unpaired) electrons. The summed E-state index contributed by atoms with van der Waals surface area (Å²) in [4.78, 5) is 18.2. The van der Waals surface area contributed by atoms with Gasteiger partial charge in [0.15, 0.2) is 0 Å². The van der Waals surface area contributed by atoms with E-state index in [2.05, 4.69) is 41.5 Å². The number of phosphoric acid groups is 1. The Labute approximate surface area is 464 Å². The van der Waals surface area contributed by atoms with E-state index in [-0.39, 0.29) is 18.3 Å². The van der Waals surface area contributed by atoms with Crippen molar-refractivity contribution < 1.29 is 33.3 Å². The van der Waals surface area contributed by atoms with Crippen LogP contribution >= 0.6 is 7.82 Å². The first kappa shape index (κ1) is 74.0. The fraction of sp³-hybridized carbons (Fsp3) is 1.00. The maximum atomic E-state index is 14.5. The number of hydrogen-bond acceptors (Lipinski definition) is 7. The van der Waals surface area contributed by atoms with E-state index in [4.69, 9.17) is 28.7 Å². The molecule has 0 rings (SSSR count). The smallest absolute Gasteiger partial charge is 0.223 e. The first-order valence-corrected chi connectivity index (χ1v) is 35.6. The van der Waals surface area contributed by atoms with Crippen LogP contribution in [0.25, 0.3) is 0 Å². The average Bonchev–Trinajstić information content (AvgIpc) is 3.41. The van der Waals surface area contributed by atoms with Gasteiger partial charge in [0, 0.05) is 0 Å². The average molecular weight is 1070 g/mol. The molecule has 0 saturated carbocycles. The summed E-state index contributed by atoms with van der Waals surface area (Å²) in [6, 6.07) is 0. The summed E-state index contributed by atoms with van der Waals surface area (Å²) in [7, 11) is -4.37. The van der Waals surface area contributed by atoms with Gasteiger partial charge in [-0.25, -0.2) is 19.2 Å². The lowest BCUT2D eigenvalue weighted by atomic mass is 10.0. The molecule has 0 aromatic heterocycles. The minimum Gasteiger partial charge on any atom is -0.223 e. The first-order chi connectivity index (χ1) is 36.5. The fourth-order valence-electron chi connectivity index (χ4n) is 10.6. The molecule has 8 heteroatoms. The minimum absolute atomic E-state index is 0.190. The van der Waals surface area contributed by atoms with E-state index < -0.39 is 7.82 Å². The lowest BCUT2D eigenvalue weighted by Crippen LogP contribution is -2.19. The Hall–Kier alpha value is -0.0100. The Bertz CT molecular complexity index is 949. The van der Waals surface area contributed by atoms with Crippen molar-refractivity contribution in [1.82, 2.24) is 0 Å². The predicted molar refractivity (Wildman–Crippen MR) is 323 cm³/mol. The summed E-state index contributed by atoms with van der Waals surface area (Å²) in [5.41, 5.74) is 0. The van der Waals surface area contributed by atoms with Crippen LogP contribution in [0.4, 0.5) is 0 Å². The molecule has 0 heterocycles. The van der Waals surface area contributed by atoms with E-state index in [9.17, 15) is 4.57 Å². The zero-order chi connectivity index (χ0) is 53.8. The lowest BCUT2D eigenvalue weighted by molar-refractivity contribution is -0.355. The van der Waals surface area contributed by atoms with Crippen LogP contribution in [0.1, 0.15) is 408 Å². The van der Waals surface area contributed by atoms with Gasteiger partial charge in [0.1, 0.15) is 0 Å². The molecule has 3 unspecified atom stereocenters. The number of hydrogen-bond donors (Lipinski definition) is 0. The molecule has 446 valence electrons. The standard InChI is InChI=1S/C66H135O7P/c1-7-13-19-22-25-28-31-34-37-40-43-46-49-52-55-61-64(58-16-10-4)68-71-74(67,72-69-65(59-17-11-5)62-56-53-50-47-44-41-38-35-32-29-26-23-20-14-8-2)73-70-66(60-18-12-6)63-57-54-51-48-45-42-39-36-33-30-27-24-21-15-9-3/h64-66H,7-63H2,1-6H3. The highest BCUT2D eigenvalue weighted by molar-refractivity contribution is 7.48. The third kappa shape index (κ3) is 55.3. The molecular formula is C66H135O7P. The van der Waals surface area contributed by atoms with Crippen LogP contribution in [-0.4, -0.2) is 18.3 Å². The molecule has 0 aromatic carbocycles. The molecule has 0 N–H and O–H groups in total. The summed E-state index contributed by atoms with van der Waals surface area (Å²) in [6.45, 7) is 13.5. The van der Waals surface area contributed by atoms with Crippen LogP contribution in [0.2, 0.25) is 0 Å². The third-order valence-corrected chi connectivity index (χ3v) is 16.6. The molecule has 0 aromatic rings. The van der Waals surface area contributed by atoms with Crippen molar-refractivity contribution in [3.05, 3.63) is 0 Å². The summed E-state index contributed by atoms with van der Waals surface area (Å²) in [6.07, 6.45) is 71.1. The molecule has 0 amide bonds. The Morgan fingerprint density at radius 3 is 0.500 bits per heavy atom. The molecular weight excluding hydrogens is 936 g/mol. The molecule has 0 aliphatic carbocycles. The van der Waals surface area contributed by atoms with Gasteiger partial charge < -0.3 is 0 Å². The van der Waals surface area contributed by atoms with Crippen molar-refractivity contribution in [1.29, 1.82) is 0 Å². The molecule has 0 aliphatic rings. The third-order valence-electron chi connectivity index (χ3n) is 15.8. The molecule has 0 aliphatic heterocycles. The Kier molecular flexibility index (Phi) is 62.2. The van der Waals surface area contributed by atoms with E-state index in [1.807, 2.05) is 0 Å². The zero-order valence-electron chi connectivity index (χ0n) is 51.3. The van der Waals surface area contributed by atoms with Crippen LogP contribution in [0.15, 0.2) is 0 Å². The van der Waals surface area contributed by atoms with E-state index in [1.54, 1.807) is 0 Å². The van der Waals surface area contributed by atoms with E-state index >= 15 is 0 Å². The van der Waals surface area contributed by atoms with Gasteiger partial charge >= 0.3 is 7.82 Å². The van der Waals surface area contributed by atoms with Crippen molar-refractivity contribution in [2.45, 2.75) is 426 Å². The molecule has 0 spiro atoms. The van der Waals surface area contributed by atoms with Crippen molar-refractivity contribution >= 4 is 7.82 Å². The summed E-state index contributed by atoms with van der Waals surface area (Å²) >= 11 is 0. The minimum atomic E-state index is -4.37. The molecule has 0 bridgehead atoms. The SMILES string of the molecule is CCCCCCCCCCCCCCCCCC(CCCC)OOP(=O)(OOC(CCCC)CCCCCCCCCCCCCCCCC)OOC(CCCC)CCCCCCCCCCCCCCCCC. The van der Waals surface area contributed by atoms with Gasteiger partial charge in [0.05, 0.1) is 18.3 Å². The van der Waals surface area contributed by atoms with Crippen molar-refractivity contribution in [3.63, 3.8) is 0 Å². The second-order valence-electron chi connectivity index (χ2n) is 23.5. The van der Waals surface area contributed by atoms with E-state index in [0.717, 1.165) is 96.3 Å². The second-order valence-corrected chi connectivity index (χ2v) is 24.8. The van der Waals surface area contributed by atoms with Gasteiger partial charge in [-0.05, 0) is 38.5 Å². The van der Waals surface area contributed by atoms with Gasteiger partial charge in [-0.2, -0.15) is 0 Å². The van der Waals surface area contributed by atoms with E-state index in [0.29, 0.717) is 0 Å². The zero-order valence-corrected chi connectivity index (χ0v) is 52.2. The molecule has 3 atom stereocenters. The van der Waals surface area contributed by atoms with Gasteiger partial charge in [-0.3, -0.25) is 0 Å². The summed E-state index contributed by atoms with van der Waals surface area (Å²) in [5.74, 6) is 0. The molecule has 7 nitrogen and oxygen atoms in total. The second kappa shape index (κ2) is 62.2. The highest BCUT2D eigenvalue weighted by Gasteiger charge is 2.36. The Morgan fingerprint density at radius 2 is 0.338 bits per heavy atom. The topological polar surface area (TPSA) is 72.5 Å². The molecule has 0 fully saturated rings. The molecule has 0 saturated heterocycles. The maximum Gasteiger partial charge on any atom is 0.556 e. The highest BCUT2D eigenvalue weighted by Crippen LogP contribution is 2.52. The lowest BCUT2D eigenvalue weighted by Gasteiger charge is -2.24. The number of unbranched alkanes of at least 4 members (excludes halogenated alkanes) is 45. The van der Waals surface area contributed by atoms with Gasteiger partial charge in [0.25, 0.3) is 0 Å². The van der Waals surface area contributed by atoms with Gasteiger partial charge in [0.2, 0.25) is 0 Å². The Morgan fingerprint density at radius 1 is 0.203 bits per heavy atom. The normalized spacial score (nSPS) is 14.0. The molecule has 74 heavy (non-hydrogen) atoms. The van der Waals surface area contributed by atoms with Crippen LogP contribution in [0, 0.1) is 0 Å².